The van der Waals surface area contributed by atoms with Crippen LogP contribution >= 0.6 is 0 Å². The minimum Gasteiger partial charge on any atom is -0.484 e. The topological polar surface area (TPSA) is 56.1 Å². The van der Waals surface area contributed by atoms with Gasteiger partial charge in [-0.2, -0.15) is 5.10 Å². The lowest BCUT2D eigenvalue weighted by molar-refractivity contribution is -0.123. The number of benzene rings is 2. The summed E-state index contributed by atoms with van der Waals surface area (Å²) in [6.45, 7) is 0.611. The van der Waals surface area contributed by atoms with Crippen LogP contribution in [0.1, 0.15) is 5.56 Å². The minimum absolute atomic E-state index is 0.0300. The van der Waals surface area contributed by atoms with Crippen LogP contribution in [0.5, 0.6) is 5.75 Å². The molecule has 0 bridgehead atoms. The number of carbonyl (C=O) groups excluding carboxylic acids is 1. The van der Waals surface area contributed by atoms with Crippen molar-refractivity contribution >= 4 is 5.91 Å². The third kappa shape index (κ3) is 4.46. The van der Waals surface area contributed by atoms with Gasteiger partial charge in [-0.25, -0.2) is 4.68 Å². The van der Waals surface area contributed by atoms with E-state index in [1.807, 2.05) is 71.5 Å². The molecule has 2 aromatic carbocycles. The Kier molecular flexibility index (Phi) is 5.24. The van der Waals surface area contributed by atoms with E-state index in [1.165, 1.54) is 0 Å². The number of carbonyl (C=O) groups is 1. The van der Waals surface area contributed by atoms with Crippen molar-refractivity contribution in [3.05, 3.63) is 78.6 Å². The van der Waals surface area contributed by atoms with Gasteiger partial charge in [0.15, 0.2) is 6.61 Å². The molecule has 0 fully saturated rings. The Balaban J connectivity index is 1.40. The van der Waals surface area contributed by atoms with Crippen molar-refractivity contribution in [3.63, 3.8) is 0 Å². The molecule has 0 unspecified atom stereocenters. The molecular weight excluding hydrogens is 302 g/mol. The molecule has 0 spiro atoms. The summed E-state index contributed by atoms with van der Waals surface area (Å²) >= 11 is 0. The predicted molar refractivity (Wildman–Crippen MR) is 92.2 cm³/mol. The third-order valence-electron chi connectivity index (χ3n) is 3.55. The summed E-state index contributed by atoms with van der Waals surface area (Å²) in [6, 6.07) is 19.3. The number of amides is 1. The quantitative estimate of drug-likeness (QED) is 0.728. The lowest BCUT2D eigenvalue weighted by atomic mass is 10.1. The van der Waals surface area contributed by atoms with Crippen molar-refractivity contribution in [1.29, 1.82) is 0 Å². The Labute approximate surface area is 140 Å². The lowest BCUT2D eigenvalue weighted by Crippen LogP contribution is -2.30. The zero-order valence-electron chi connectivity index (χ0n) is 13.3. The van der Waals surface area contributed by atoms with E-state index >= 15 is 0 Å². The van der Waals surface area contributed by atoms with Crippen molar-refractivity contribution < 1.29 is 9.53 Å². The second kappa shape index (κ2) is 7.97. The smallest absolute Gasteiger partial charge is 0.257 e. The maximum absolute atomic E-state index is 11.8. The van der Waals surface area contributed by atoms with Gasteiger partial charge in [0, 0.05) is 18.9 Å². The molecule has 122 valence electrons. The van der Waals surface area contributed by atoms with Gasteiger partial charge in [0.2, 0.25) is 0 Å². The molecule has 0 aliphatic heterocycles. The molecule has 1 N–H and O–H groups in total. The normalized spacial score (nSPS) is 10.3. The Morgan fingerprint density at radius 3 is 2.54 bits per heavy atom. The van der Waals surface area contributed by atoms with E-state index in [0.717, 1.165) is 17.7 Å². The summed E-state index contributed by atoms with van der Waals surface area (Å²) in [6.07, 6.45) is 4.43. The molecule has 1 aromatic heterocycles. The van der Waals surface area contributed by atoms with E-state index in [1.54, 1.807) is 6.20 Å². The number of para-hydroxylation sites is 1. The molecule has 0 atom stereocenters. The van der Waals surface area contributed by atoms with E-state index < -0.39 is 0 Å². The van der Waals surface area contributed by atoms with Gasteiger partial charge in [0.1, 0.15) is 5.75 Å². The molecule has 1 heterocycles. The molecule has 3 aromatic rings. The first kappa shape index (κ1) is 15.8. The largest absolute Gasteiger partial charge is 0.484 e. The molecule has 0 saturated heterocycles. The van der Waals surface area contributed by atoms with Gasteiger partial charge < -0.3 is 10.1 Å². The average molecular weight is 321 g/mol. The summed E-state index contributed by atoms with van der Waals surface area (Å²) in [5, 5.41) is 7.05. The number of hydrogen-bond acceptors (Lipinski definition) is 3. The fraction of sp³-hybridized carbons (Fsp3) is 0.158. The summed E-state index contributed by atoms with van der Waals surface area (Å²) < 4.78 is 7.22. The predicted octanol–water partition coefficient (Wildman–Crippen LogP) is 2.61. The van der Waals surface area contributed by atoms with Gasteiger partial charge in [-0.3, -0.25) is 4.79 Å². The molecule has 0 saturated carbocycles. The van der Waals surface area contributed by atoms with Crippen LogP contribution in [0.2, 0.25) is 0 Å². The molecule has 0 aliphatic carbocycles. The standard InChI is InChI=1S/C19H19N3O2/c23-19(15-24-18-5-2-1-3-6-18)20-13-11-16-7-9-17(10-8-16)22-14-4-12-21-22/h1-10,12,14H,11,13,15H2,(H,20,23). The molecule has 5 nitrogen and oxygen atoms in total. The molecule has 0 aliphatic rings. The fourth-order valence-corrected chi connectivity index (χ4v) is 2.30. The van der Waals surface area contributed by atoms with E-state index in [4.69, 9.17) is 4.74 Å². The first-order chi connectivity index (χ1) is 11.8. The molecular formula is C19H19N3O2. The van der Waals surface area contributed by atoms with Crippen molar-refractivity contribution in [2.24, 2.45) is 0 Å². The van der Waals surface area contributed by atoms with Gasteiger partial charge in [-0.15, -0.1) is 0 Å². The number of aromatic nitrogens is 2. The zero-order chi connectivity index (χ0) is 16.6. The monoisotopic (exact) mass is 321 g/mol. The number of hydrogen-bond donors (Lipinski definition) is 1. The van der Waals surface area contributed by atoms with Crippen LogP contribution in [0.25, 0.3) is 5.69 Å². The Morgan fingerprint density at radius 1 is 1.04 bits per heavy atom. The highest BCUT2D eigenvalue weighted by Crippen LogP contribution is 2.09. The first-order valence-electron chi connectivity index (χ1n) is 7.85. The summed E-state index contributed by atoms with van der Waals surface area (Å²) in [5.74, 6) is 0.578. The van der Waals surface area contributed by atoms with Crippen LogP contribution in [0, 0.1) is 0 Å². The summed E-state index contributed by atoms with van der Waals surface area (Å²) in [5.41, 5.74) is 2.18. The van der Waals surface area contributed by atoms with Gasteiger partial charge in [0.05, 0.1) is 5.69 Å². The van der Waals surface area contributed by atoms with Crippen LogP contribution in [0.3, 0.4) is 0 Å². The van der Waals surface area contributed by atoms with E-state index in [0.29, 0.717) is 12.3 Å². The first-order valence-corrected chi connectivity index (χ1v) is 7.85. The van der Waals surface area contributed by atoms with E-state index in [9.17, 15) is 4.79 Å². The number of ether oxygens (including phenoxy) is 1. The van der Waals surface area contributed by atoms with Gasteiger partial charge in [-0.05, 0) is 42.3 Å². The highest BCUT2D eigenvalue weighted by molar-refractivity contribution is 5.77. The van der Waals surface area contributed by atoms with Crippen LogP contribution in [0.15, 0.2) is 73.1 Å². The van der Waals surface area contributed by atoms with Crippen molar-refractivity contribution in [3.8, 4) is 11.4 Å². The second-order valence-corrected chi connectivity index (χ2v) is 5.32. The zero-order valence-corrected chi connectivity index (χ0v) is 13.3. The minimum atomic E-state index is -0.119. The van der Waals surface area contributed by atoms with Gasteiger partial charge >= 0.3 is 0 Å². The Morgan fingerprint density at radius 2 is 1.83 bits per heavy atom. The maximum atomic E-state index is 11.8. The number of nitrogens with one attached hydrogen (secondary N) is 1. The van der Waals surface area contributed by atoms with E-state index in [2.05, 4.69) is 10.4 Å². The third-order valence-corrected chi connectivity index (χ3v) is 3.55. The average Bonchev–Trinajstić information content (AvgIpc) is 3.16. The highest BCUT2D eigenvalue weighted by atomic mass is 16.5. The van der Waals surface area contributed by atoms with Crippen LogP contribution in [-0.2, 0) is 11.2 Å². The van der Waals surface area contributed by atoms with Gasteiger partial charge in [-0.1, -0.05) is 30.3 Å². The molecule has 24 heavy (non-hydrogen) atoms. The number of rotatable bonds is 7. The van der Waals surface area contributed by atoms with Crippen molar-refractivity contribution in [2.45, 2.75) is 6.42 Å². The molecule has 0 radical (unpaired) electrons. The van der Waals surface area contributed by atoms with Crippen molar-refractivity contribution in [2.75, 3.05) is 13.2 Å². The summed E-state index contributed by atoms with van der Waals surface area (Å²) in [7, 11) is 0. The van der Waals surface area contributed by atoms with E-state index in [-0.39, 0.29) is 12.5 Å². The van der Waals surface area contributed by atoms with Gasteiger partial charge in [0.25, 0.3) is 5.91 Å². The second-order valence-electron chi connectivity index (χ2n) is 5.32. The fourth-order valence-electron chi connectivity index (χ4n) is 2.30. The lowest BCUT2D eigenvalue weighted by Gasteiger charge is -2.08. The van der Waals surface area contributed by atoms with Crippen LogP contribution in [0.4, 0.5) is 0 Å². The number of nitrogens with zero attached hydrogens (tertiary/aromatic N) is 2. The summed E-state index contributed by atoms with van der Waals surface area (Å²) in [4.78, 5) is 11.8. The SMILES string of the molecule is O=C(COc1ccccc1)NCCc1ccc(-n2cccn2)cc1. The molecule has 1 amide bonds. The molecule has 3 rings (SSSR count). The van der Waals surface area contributed by atoms with Crippen LogP contribution < -0.4 is 10.1 Å². The molecule has 5 heteroatoms. The Hall–Kier alpha value is -3.08. The van der Waals surface area contributed by atoms with Crippen LogP contribution in [-0.4, -0.2) is 28.8 Å². The highest BCUT2D eigenvalue weighted by Gasteiger charge is 2.03. The maximum Gasteiger partial charge on any atom is 0.257 e. The Bertz CT molecular complexity index is 753. The van der Waals surface area contributed by atoms with Crippen molar-refractivity contribution in [1.82, 2.24) is 15.1 Å².